The largest absolute Gasteiger partial charge is 0.395 e. The van der Waals surface area contributed by atoms with Gasteiger partial charge in [-0.25, -0.2) is 0 Å². The zero-order valence-electron chi connectivity index (χ0n) is 11.1. The average Bonchev–Trinajstić information content (AvgIpc) is 2.25. The quantitative estimate of drug-likeness (QED) is 0.780. The Labute approximate surface area is 105 Å². The zero-order chi connectivity index (χ0) is 12.1. The lowest BCUT2D eigenvalue weighted by Crippen LogP contribution is -2.46. The van der Waals surface area contributed by atoms with E-state index in [0.717, 1.165) is 11.8 Å². The van der Waals surface area contributed by atoms with Gasteiger partial charge in [0.2, 0.25) is 0 Å². The van der Waals surface area contributed by atoms with Crippen LogP contribution in [0.4, 0.5) is 0 Å². The number of thioether (sulfide) groups is 1. The van der Waals surface area contributed by atoms with Crippen LogP contribution in [0, 0.1) is 11.8 Å². The molecule has 0 amide bonds. The lowest BCUT2D eigenvalue weighted by atomic mass is 9.79. The smallest absolute Gasteiger partial charge is 0.0564 e. The maximum atomic E-state index is 9.26. The highest BCUT2D eigenvalue weighted by atomic mass is 32.2. The molecule has 1 aliphatic rings. The van der Waals surface area contributed by atoms with E-state index in [0.29, 0.717) is 17.3 Å². The fraction of sp³-hybridized carbons (Fsp3) is 1.00. The van der Waals surface area contributed by atoms with E-state index in [4.69, 9.17) is 0 Å². The molecule has 2 nitrogen and oxygen atoms in total. The highest BCUT2D eigenvalue weighted by Crippen LogP contribution is 2.29. The lowest BCUT2D eigenvalue weighted by molar-refractivity contribution is 0.206. The minimum atomic E-state index is 0.272. The van der Waals surface area contributed by atoms with Crippen LogP contribution in [0.3, 0.4) is 0 Å². The summed E-state index contributed by atoms with van der Waals surface area (Å²) in [6.07, 6.45) is 6.00. The van der Waals surface area contributed by atoms with Crippen molar-refractivity contribution in [2.75, 3.05) is 12.9 Å². The highest BCUT2D eigenvalue weighted by molar-refractivity contribution is 7.99. The average molecular weight is 245 g/mol. The maximum absolute atomic E-state index is 9.26. The summed E-state index contributed by atoms with van der Waals surface area (Å²) in [5, 5.41) is 13.3. The van der Waals surface area contributed by atoms with Gasteiger partial charge in [-0.3, -0.25) is 0 Å². The van der Waals surface area contributed by atoms with Gasteiger partial charge < -0.3 is 10.4 Å². The molecule has 96 valence electrons. The van der Waals surface area contributed by atoms with E-state index in [1.807, 2.05) is 0 Å². The number of hydrogen-bond donors (Lipinski definition) is 2. The summed E-state index contributed by atoms with van der Waals surface area (Å²) >= 11 is 1.76. The van der Waals surface area contributed by atoms with E-state index in [2.05, 4.69) is 32.3 Å². The van der Waals surface area contributed by atoms with Gasteiger partial charge in [-0.1, -0.05) is 13.8 Å². The van der Waals surface area contributed by atoms with Crippen LogP contribution >= 0.6 is 11.8 Å². The summed E-state index contributed by atoms with van der Waals surface area (Å²) in [7, 11) is 0. The van der Waals surface area contributed by atoms with Crippen molar-refractivity contribution in [3.8, 4) is 0 Å². The molecule has 1 fully saturated rings. The molecule has 0 bridgehead atoms. The van der Waals surface area contributed by atoms with Crippen LogP contribution < -0.4 is 5.32 Å². The van der Waals surface area contributed by atoms with Crippen LogP contribution in [-0.2, 0) is 0 Å². The van der Waals surface area contributed by atoms with Crippen molar-refractivity contribution >= 4 is 11.8 Å². The molecule has 0 aromatic carbocycles. The van der Waals surface area contributed by atoms with Gasteiger partial charge in [0.25, 0.3) is 0 Å². The maximum Gasteiger partial charge on any atom is 0.0564 e. The number of rotatable bonds is 5. The van der Waals surface area contributed by atoms with Gasteiger partial charge in [-0.15, -0.1) is 0 Å². The Hall–Kier alpha value is 0.270. The Bertz CT molecular complexity index is 196. The molecule has 0 aromatic heterocycles. The molecule has 2 N–H and O–H groups in total. The highest BCUT2D eigenvalue weighted by Gasteiger charge is 2.26. The number of hydrogen-bond acceptors (Lipinski definition) is 3. The summed E-state index contributed by atoms with van der Waals surface area (Å²) in [4.78, 5) is 0. The number of aliphatic hydroxyl groups is 1. The monoisotopic (exact) mass is 245 g/mol. The number of nitrogens with one attached hydrogen (secondary N) is 1. The molecule has 1 rings (SSSR count). The van der Waals surface area contributed by atoms with Gasteiger partial charge in [0.05, 0.1) is 6.61 Å². The molecule has 5 atom stereocenters. The van der Waals surface area contributed by atoms with E-state index in [1.165, 1.54) is 19.3 Å². The lowest BCUT2D eigenvalue weighted by Gasteiger charge is -2.35. The van der Waals surface area contributed by atoms with Crippen molar-refractivity contribution in [2.24, 2.45) is 11.8 Å². The topological polar surface area (TPSA) is 32.3 Å². The third-order valence-corrected chi connectivity index (χ3v) is 5.30. The van der Waals surface area contributed by atoms with Gasteiger partial charge in [0.1, 0.15) is 0 Å². The molecule has 1 aliphatic carbocycles. The molecule has 0 saturated heterocycles. The summed E-state index contributed by atoms with van der Waals surface area (Å²) in [6.45, 7) is 7.19. The second-order valence-electron chi connectivity index (χ2n) is 5.38. The fourth-order valence-corrected chi connectivity index (χ4v) is 3.25. The van der Waals surface area contributed by atoms with Crippen molar-refractivity contribution < 1.29 is 5.11 Å². The predicted molar refractivity (Wildman–Crippen MR) is 73.0 cm³/mol. The van der Waals surface area contributed by atoms with E-state index in [1.54, 1.807) is 11.8 Å². The normalized spacial score (nSPS) is 34.7. The van der Waals surface area contributed by atoms with Crippen LogP contribution in [-0.4, -0.2) is 35.3 Å². The summed E-state index contributed by atoms with van der Waals surface area (Å²) in [5.74, 6) is 1.71. The molecule has 0 aromatic rings. The first-order valence-corrected chi connectivity index (χ1v) is 7.77. The predicted octanol–water partition coefficient (Wildman–Crippen LogP) is 2.51. The van der Waals surface area contributed by atoms with E-state index in [-0.39, 0.29) is 6.61 Å². The second kappa shape index (κ2) is 6.87. The molecule has 5 unspecified atom stereocenters. The molecule has 1 saturated carbocycles. The third kappa shape index (κ3) is 3.94. The van der Waals surface area contributed by atoms with Crippen molar-refractivity contribution in [1.29, 1.82) is 0 Å². The standard InChI is InChI=1S/C13H27NOS/c1-9-5-6-12(7-10(9)2)14-11(3)13(8-15)16-4/h9-15H,5-8H2,1-4H3. The van der Waals surface area contributed by atoms with E-state index >= 15 is 0 Å². The molecule has 0 radical (unpaired) electrons. The minimum Gasteiger partial charge on any atom is -0.395 e. The van der Waals surface area contributed by atoms with Gasteiger partial charge in [-0.05, 0) is 44.3 Å². The van der Waals surface area contributed by atoms with Crippen LogP contribution in [0.2, 0.25) is 0 Å². The van der Waals surface area contributed by atoms with Gasteiger partial charge in [0.15, 0.2) is 0 Å². The van der Waals surface area contributed by atoms with Crippen molar-refractivity contribution in [1.82, 2.24) is 5.32 Å². The molecular formula is C13H27NOS. The Morgan fingerprint density at radius 1 is 1.31 bits per heavy atom. The Kier molecular flexibility index (Phi) is 6.16. The van der Waals surface area contributed by atoms with Gasteiger partial charge in [0, 0.05) is 17.3 Å². The molecule has 0 aliphatic heterocycles. The first-order valence-electron chi connectivity index (χ1n) is 6.48. The van der Waals surface area contributed by atoms with Crippen molar-refractivity contribution in [3.63, 3.8) is 0 Å². The molecule has 0 heterocycles. The zero-order valence-corrected chi connectivity index (χ0v) is 11.9. The van der Waals surface area contributed by atoms with Crippen LogP contribution in [0.1, 0.15) is 40.0 Å². The Morgan fingerprint density at radius 3 is 2.50 bits per heavy atom. The third-order valence-electron chi connectivity index (χ3n) is 4.14. The van der Waals surface area contributed by atoms with Crippen molar-refractivity contribution in [3.05, 3.63) is 0 Å². The fourth-order valence-electron chi connectivity index (χ4n) is 2.61. The SMILES string of the molecule is CSC(CO)C(C)NC1CCC(C)C(C)C1. The Morgan fingerprint density at radius 2 is 2.00 bits per heavy atom. The van der Waals surface area contributed by atoms with Crippen molar-refractivity contribution in [2.45, 2.75) is 57.4 Å². The molecule has 3 heteroatoms. The van der Waals surface area contributed by atoms with Gasteiger partial charge >= 0.3 is 0 Å². The minimum absolute atomic E-state index is 0.272. The number of aliphatic hydroxyl groups excluding tert-OH is 1. The first-order chi connectivity index (χ1) is 7.58. The Balaban J connectivity index is 2.36. The summed E-state index contributed by atoms with van der Waals surface area (Å²) in [6, 6.07) is 1.06. The summed E-state index contributed by atoms with van der Waals surface area (Å²) < 4.78 is 0. The van der Waals surface area contributed by atoms with Crippen LogP contribution in [0.25, 0.3) is 0 Å². The molecule has 0 spiro atoms. The molecule has 16 heavy (non-hydrogen) atoms. The summed E-state index contributed by atoms with van der Waals surface area (Å²) in [5.41, 5.74) is 0. The van der Waals surface area contributed by atoms with E-state index in [9.17, 15) is 5.11 Å². The molecular weight excluding hydrogens is 218 g/mol. The second-order valence-corrected chi connectivity index (χ2v) is 6.45. The van der Waals surface area contributed by atoms with Crippen LogP contribution in [0.15, 0.2) is 0 Å². The first kappa shape index (κ1) is 14.3. The van der Waals surface area contributed by atoms with E-state index < -0.39 is 0 Å². The van der Waals surface area contributed by atoms with Crippen LogP contribution in [0.5, 0.6) is 0 Å². The van der Waals surface area contributed by atoms with Gasteiger partial charge in [-0.2, -0.15) is 11.8 Å².